The van der Waals surface area contributed by atoms with Crippen molar-refractivity contribution in [3.8, 4) is 12.3 Å². The lowest BCUT2D eigenvalue weighted by atomic mass is 10.0. The molecule has 1 saturated heterocycles. The summed E-state index contributed by atoms with van der Waals surface area (Å²) < 4.78 is 1.61. The van der Waals surface area contributed by atoms with Crippen LogP contribution in [0.25, 0.3) is 0 Å². The maximum absolute atomic E-state index is 13.0. The number of carboxylic acid groups (broad SMARTS) is 1. The van der Waals surface area contributed by atoms with Gasteiger partial charge in [-0.3, -0.25) is 14.5 Å². The molecular formula is C21H21N9O5S3. The van der Waals surface area contributed by atoms with Crippen molar-refractivity contribution >= 4 is 75.1 Å². The normalized spacial score (nSPS) is 18.9. The largest absolute Gasteiger partial charge is 0.543 e. The fraction of sp³-hybridized carbons (Fsp3) is 0.286. The number of anilines is 3. The molecule has 0 spiro atoms. The molecule has 2 aliphatic heterocycles. The molecule has 2 aliphatic rings. The number of nitrogen functional groups attached to an aromatic ring is 3. The average Bonchev–Trinajstić information content (AvgIpc) is 3.31. The quantitative estimate of drug-likeness (QED) is 0.0361. The molecule has 7 N–H and O–H groups in total. The highest BCUT2D eigenvalue weighted by Gasteiger charge is 2.53. The summed E-state index contributed by atoms with van der Waals surface area (Å²) in [5, 5.41) is 19.9. The van der Waals surface area contributed by atoms with Gasteiger partial charge in [0.15, 0.2) is 17.5 Å². The van der Waals surface area contributed by atoms with Gasteiger partial charge in [0.1, 0.15) is 17.1 Å². The summed E-state index contributed by atoms with van der Waals surface area (Å²) in [5.41, 5.74) is 17.5. The van der Waals surface area contributed by atoms with Crippen LogP contribution in [-0.2, 0) is 26.3 Å². The number of rotatable bonds is 9. The van der Waals surface area contributed by atoms with E-state index >= 15 is 0 Å². The second-order valence-corrected chi connectivity index (χ2v) is 10.8. The van der Waals surface area contributed by atoms with Gasteiger partial charge in [0.25, 0.3) is 11.8 Å². The number of β-lactam (4-membered cyclic amide) rings is 1. The molecule has 14 nitrogen and oxygen atoms in total. The lowest BCUT2D eigenvalue weighted by molar-refractivity contribution is -0.698. The molecule has 1 fully saturated rings. The summed E-state index contributed by atoms with van der Waals surface area (Å²) in [7, 11) is 1.70. The number of carbonyl (C=O) groups excluding carboxylic acids is 3. The van der Waals surface area contributed by atoms with E-state index in [1.807, 2.05) is 0 Å². The van der Waals surface area contributed by atoms with Crippen molar-refractivity contribution in [2.75, 3.05) is 35.3 Å². The number of nitrogens with two attached hydrogens (primary N) is 3. The summed E-state index contributed by atoms with van der Waals surface area (Å²) in [6.07, 6.45) is 5.15. The summed E-state index contributed by atoms with van der Waals surface area (Å²) in [4.78, 5) is 52.4. The van der Waals surface area contributed by atoms with Crippen LogP contribution >= 0.6 is 34.9 Å². The van der Waals surface area contributed by atoms with Crippen LogP contribution in [0.3, 0.4) is 0 Å². The fourth-order valence-corrected chi connectivity index (χ4v) is 6.62. The molecule has 38 heavy (non-hydrogen) atoms. The molecule has 198 valence electrons. The number of aliphatic carboxylic acids is 1. The number of hydrogen-bond donors (Lipinski definition) is 4. The Balaban J connectivity index is 1.51. The second-order valence-electron chi connectivity index (χ2n) is 7.83. The molecule has 2 unspecified atom stereocenters. The Hall–Kier alpha value is -4.01. The molecule has 2 amide bonds. The van der Waals surface area contributed by atoms with E-state index in [1.165, 1.54) is 35.0 Å². The van der Waals surface area contributed by atoms with Gasteiger partial charge in [-0.25, -0.2) is 9.55 Å². The lowest BCUT2D eigenvalue weighted by Gasteiger charge is -2.50. The minimum absolute atomic E-state index is 0.139. The van der Waals surface area contributed by atoms with E-state index in [2.05, 4.69) is 26.4 Å². The van der Waals surface area contributed by atoms with Crippen molar-refractivity contribution in [1.29, 1.82) is 0 Å². The molecule has 0 bridgehead atoms. The fourth-order valence-electron chi connectivity index (χ4n) is 3.58. The van der Waals surface area contributed by atoms with Gasteiger partial charge >= 0.3 is 5.16 Å². The first-order chi connectivity index (χ1) is 18.1. The Morgan fingerprint density at radius 1 is 1.42 bits per heavy atom. The highest BCUT2D eigenvalue weighted by atomic mass is 32.2. The van der Waals surface area contributed by atoms with Crippen LogP contribution in [0.4, 0.5) is 16.8 Å². The van der Waals surface area contributed by atoms with Gasteiger partial charge in [0, 0.05) is 16.9 Å². The van der Waals surface area contributed by atoms with Crippen molar-refractivity contribution in [3.63, 3.8) is 0 Å². The third-order valence-corrected chi connectivity index (χ3v) is 8.51. The molecule has 0 aliphatic carbocycles. The number of amides is 2. The van der Waals surface area contributed by atoms with E-state index in [4.69, 9.17) is 28.5 Å². The summed E-state index contributed by atoms with van der Waals surface area (Å²) in [5.74, 6) is 0.418. The van der Waals surface area contributed by atoms with Crippen LogP contribution in [0.1, 0.15) is 5.69 Å². The Kier molecular flexibility index (Phi) is 7.94. The highest BCUT2D eigenvalue weighted by Crippen LogP contribution is 2.41. The van der Waals surface area contributed by atoms with Crippen LogP contribution in [0, 0.1) is 12.3 Å². The number of carboxylic acids is 1. The minimum Gasteiger partial charge on any atom is -0.543 e. The highest BCUT2D eigenvalue weighted by molar-refractivity contribution is 8.01. The number of carbonyl (C=O) groups is 3. The van der Waals surface area contributed by atoms with Gasteiger partial charge in [-0.15, -0.1) is 29.5 Å². The first-order valence-corrected chi connectivity index (χ1v) is 13.6. The summed E-state index contributed by atoms with van der Waals surface area (Å²) >= 11 is 3.60. The van der Waals surface area contributed by atoms with Crippen molar-refractivity contribution in [1.82, 2.24) is 20.2 Å². The Bertz CT molecular complexity index is 1420. The molecule has 2 atom stereocenters. The van der Waals surface area contributed by atoms with E-state index in [0.717, 1.165) is 16.2 Å². The Morgan fingerprint density at radius 3 is 2.84 bits per heavy atom. The van der Waals surface area contributed by atoms with E-state index in [-0.39, 0.29) is 46.2 Å². The van der Waals surface area contributed by atoms with Gasteiger partial charge in [-0.2, -0.15) is 0 Å². The summed E-state index contributed by atoms with van der Waals surface area (Å²) in [6, 6.07) is 0.489. The van der Waals surface area contributed by atoms with E-state index < -0.39 is 29.2 Å². The SMILES string of the molecule is C#CCO/N=C(\C(=O)NC1C(=O)N2C(C(=O)[O-])=C(CSc3nc(N)cc(N)[n+]3C)CSC12)c1csc(N)n1. The number of fused-ring (bicyclic) bond motifs is 1. The van der Waals surface area contributed by atoms with Gasteiger partial charge in [-0.05, 0) is 17.3 Å². The second kappa shape index (κ2) is 11.2. The number of terminal acetylenes is 1. The molecule has 4 heterocycles. The van der Waals surface area contributed by atoms with Crippen molar-refractivity contribution < 1.29 is 28.9 Å². The van der Waals surface area contributed by atoms with E-state index in [0.29, 0.717) is 16.5 Å². The van der Waals surface area contributed by atoms with E-state index in [9.17, 15) is 19.5 Å². The topological polar surface area (TPSA) is 219 Å². The van der Waals surface area contributed by atoms with Gasteiger partial charge in [0.2, 0.25) is 11.6 Å². The number of thiazole rings is 1. The monoisotopic (exact) mass is 575 g/mol. The molecular weight excluding hydrogens is 554 g/mol. The van der Waals surface area contributed by atoms with Crippen LogP contribution < -0.4 is 32.2 Å². The number of hydrogen-bond acceptors (Lipinski definition) is 14. The van der Waals surface area contributed by atoms with Crippen LogP contribution in [0.15, 0.2) is 33.0 Å². The number of nitrogens with zero attached hydrogens (tertiary/aromatic N) is 5. The lowest BCUT2D eigenvalue weighted by Crippen LogP contribution is -2.71. The first kappa shape index (κ1) is 27.0. The van der Waals surface area contributed by atoms with E-state index in [1.54, 1.807) is 11.6 Å². The van der Waals surface area contributed by atoms with Crippen LogP contribution in [0.5, 0.6) is 0 Å². The first-order valence-electron chi connectivity index (χ1n) is 10.7. The third-order valence-electron chi connectivity index (χ3n) is 5.38. The molecule has 4 rings (SSSR count). The molecule has 0 saturated carbocycles. The Labute approximate surface area is 228 Å². The zero-order chi connectivity index (χ0) is 27.6. The maximum Gasteiger partial charge on any atom is 0.301 e. The third kappa shape index (κ3) is 5.32. The minimum atomic E-state index is -1.50. The predicted octanol–water partition coefficient (Wildman–Crippen LogP) is -2.34. The number of aromatic nitrogens is 3. The standard InChI is InChI=1S/C21H21N9O5S3/c1-3-4-35-28-13(10-8-37-20(24)25-10)16(31)27-14-17(32)30-15(19(33)34)9(6-36-18(14)30)7-38-21-26-11(22)5-12(23)29(21)2/h1,5,8,14,18H,4,6-7H2,2H3,(H7,22,23,24,25,27,31,33,34)/b28-13-. The Morgan fingerprint density at radius 2 is 2.18 bits per heavy atom. The van der Waals surface area contributed by atoms with Crippen molar-refractivity contribution in [2.45, 2.75) is 16.6 Å². The zero-order valence-corrected chi connectivity index (χ0v) is 22.2. The molecule has 2 aromatic rings. The predicted molar refractivity (Wildman–Crippen MR) is 140 cm³/mol. The molecule has 0 aromatic carbocycles. The summed E-state index contributed by atoms with van der Waals surface area (Å²) in [6.45, 7) is -0.193. The maximum atomic E-state index is 13.0. The average molecular weight is 576 g/mol. The zero-order valence-electron chi connectivity index (χ0n) is 19.7. The van der Waals surface area contributed by atoms with Gasteiger partial charge in [0.05, 0.1) is 24.8 Å². The van der Waals surface area contributed by atoms with Crippen LogP contribution in [-0.4, -0.2) is 67.9 Å². The number of thioether (sulfide) groups is 2. The van der Waals surface area contributed by atoms with Gasteiger partial charge in [-0.1, -0.05) is 16.1 Å². The van der Waals surface area contributed by atoms with Crippen molar-refractivity contribution in [3.05, 3.63) is 28.4 Å². The molecule has 17 heteroatoms. The molecule has 2 aromatic heterocycles. The number of oxime groups is 1. The van der Waals surface area contributed by atoms with Crippen LogP contribution in [0.2, 0.25) is 0 Å². The number of nitrogens with one attached hydrogen (secondary N) is 1. The smallest absolute Gasteiger partial charge is 0.301 e. The van der Waals surface area contributed by atoms with Crippen molar-refractivity contribution in [2.24, 2.45) is 12.2 Å². The molecule has 0 radical (unpaired) electrons. The van der Waals surface area contributed by atoms with Gasteiger partial charge < -0.3 is 37.3 Å².